The first kappa shape index (κ1) is 14.0. The van der Waals surface area contributed by atoms with Gasteiger partial charge >= 0.3 is 0 Å². The summed E-state index contributed by atoms with van der Waals surface area (Å²) in [5.41, 5.74) is 2.38. The van der Waals surface area contributed by atoms with Crippen LogP contribution in [0.1, 0.15) is 28.8 Å². The lowest BCUT2D eigenvalue weighted by Crippen LogP contribution is -2.25. The number of nitrogens with zero attached hydrogens (tertiary/aromatic N) is 3. The van der Waals surface area contributed by atoms with Crippen molar-refractivity contribution in [2.24, 2.45) is 7.05 Å². The Bertz CT molecular complexity index is 607. The molecule has 0 unspecified atom stereocenters. The van der Waals surface area contributed by atoms with Crippen LogP contribution in [-0.2, 0) is 13.6 Å². The molecule has 6 heteroatoms. The molecule has 2 aromatic heterocycles. The molecular weight excluding hydrogens is 256 g/mol. The van der Waals surface area contributed by atoms with Crippen molar-refractivity contribution in [3.05, 3.63) is 41.6 Å². The molecule has 2 heterocycles. The lowest BCUT2D eigenvalue weighted by Gasteiger charge is -2.07. The van der Waals surface area contributed by atoms with Crippen molar-refractivity contribution < 1.29 is 9.53 Å². The SMILES string of the molecule is CCOc1cc(CNC(=O)c2ccc(C)n2C)ncn1. The van der Waals surface area contributed by atoms with Crippen LogP contribution < -0.4 is 10.1 Å². The Kier molecular flexibility index (Phi) is 4.34. The molecule has 0 fully saturated rings. The molecule has 0 bridgehead atoms. The van der Waals surface area contributed by atoms with E-state index in [0.29, 0.717) is 30.4 Å². The molecule has 1 N–H and O–H groups in total. The Labute approximate surface area is 117 Å². The molecule has 0 saturated heterocycles. The molecular formula is C14H18N4O2. The highest BCUT2D eigenvalue weighted by Crippen LogP contribution is 2.08. The highest BCUT2D eigenvalue weighted by atomic mass is 16.5. The second kappa shape index (κ2) is 6.18. The fourth-order valence-electron chi connectivity index (χ4n) is 1.80. The molecule has 0 saturated carbocycles. The van der Waals surface area contributed by atoms with E-state index in [2.05, 4.69) is 15.3 Å². The van der Waals surface area contributed by atoms with E-state index in [4.69, 9.17) is 4.74 Å². The Morgan fingerprint density at radius 2 is 2.20 bits per heavy atom. The van der Waals surface area contributed by atoms with Gasteiger partial charge in [0.25, 0.3) is 5.91 Å². The van der Waals surface area contributed by atoms with Crippen molar-refractivity contribution >= 4 is 5.91 Å². The van der Waals surface area contributed by atoms with Crippen LogP contribution in [0.25, 0.3) is 0 Å². The Hall–Kier alpha value is -2.37. The quantitative estimate of drug-likeness (QED) is 0.896. The van der Waals surface area contributed by atoms with Crippen LogP contribution in [-0.4, -0.2) is 27.0 Å². The molecule has 2 aromatic rings. The van der Waals surface area contributed by atoms with Crippen molar-refractivity contribution in [1.82, 2.24) is 19.9 Å². The van der Waals surface area contributed by atoms with Crippen LogP contribution in [0.5, 0.6) is 5.88 Å². The standard InChI is InChI=1S/C14H18N4O2/c1-4-20-13-7-11(16-9-17-13)8-15-14(19)12-6-5-10(2)18(12)3/h5-7,9H,4,8H2,1-3H3,(H,15,19). The molecule has 0 atom stereocenters. The number of carbonyl (C=O) groups excluding carboxylic acids is 1. The van der Waals surface area contributed by atoms with Crippen LogP contribution in [0.3, 0.4) is 0 Å². The minimum Gasteiger partial charge on any atom is -0.478 e. The number of nitrogens with one attached hydrogen (secondary N) is 1. The number of aromatic nitrogens is 3. The second-order valence-corrected chi connectivity index (χ2v) is 4.38. The molecule has 0 aliphatic rings. The topological polar surface area (TPSA) is 69.0 Å². The van der Waals surface area contributed by atoms with Crippen molar-refractivity contribution in [2.75, 3.05) is 6.61 Å². The summed E-state index contributed by atoms with van der Waals surface area (Å²) in [5, 5.41) is 2.83. The number of aryl methyl sites for hydroxylation is 1. The van der Waals surface area contributed by atoms with Crippen LogP contribution in [0.15, 0.2) is 24.5 Å². The van der Waals surface area contributed by atoms with Crippen molar-refractivity contribution in [2.45, 2.75) is 20.4 Å². The first-order valence-electron chi connectivity index (χ1n) is 6.46. The molecule has 0 aromatic carbocycles. The summed E-state index contributed by atoms with van der Waals surface area (Å²) in [6.45, 7) is 4.73. The third-order valence-corrected chi connectivity index (χ3v) is 3.03. The highest BCUT2D eigenvalue weighted by molar-refractivity contribution is 5.92. The van der Waals surface area contributed by atoms with E-state index in [0.717, 1.165) is 5.69 Å². The van der Waals surface area contributed by atoms with Crippen molar-refractivity contribution in [1.29, 1.82) is 0 Å². The summed E-state index contributed by atoms with van der Waals surface area (Å²) >= 11 is 0. The smallest absolute Gasteiger partial charge is 0.268 e. The lowest BCUT2D eigenvalue weighted by molar-refractivity contribution is 0.0942. The van der Waals surface area contributed by atoms with E-state index in [1.165, 1.54) is 6.33 Å². The van der Waals surface area contributed by atoms with Gasteiger partial charge in [-0.05, 0) is 26.0 Å². The van der Waals surface area contributed by atoms with Crippen molar-refractivity contribution in [3.63, 3.8) is 0 Å². The van der Waals surface area contributed by atoms with E-state index < -0.39 is 0 Å². The van der Waals surface area contributed by atoms with E-state index in [-0.39, 0.29) is 5.91 Å². The van der Waals surface area contributed by atoms with Gasteiger partial charge in [0.1, 0.15) is 12.0 Å². The van der Waals surface area contributed by atoms with E-state index in [9.17, 15) is 4.79 Å². The molecule has 6 nitrogen and oxygen atoms in total. The molecule has 1 amide bonds. The van der Waals surface area contributed by atoms with E-state index in [1.54, 1.807) is 12.1 Å². The van der Waals surface area contributed by atoms with Gasteiger partial charge in [0, 0.05) is 18.8 Å². The first-order valence-corrected chi connectivity index (χ1v) is 6.46. The number of amides is 1. The summed E-state index contributed by atoms with van der Waals surface area (Å²) in [6.07, 6.45) is 1.43. The molecule has 2 rings (SSSR count). The molecule has 0 aliphatic heterocycles. The third-order valence-electron chi connectivity index (χ3n) is 3.03. The molecule has 0 spiro atoms. The van der Waals surface area contributed by atoms with Crippen LogP contribution in [0.4, 0.5) is 0 Å². The van der Waals surface area contributed by atoms with E-state index in [1.807, 2.05) is 31.5 Å². The zero-order chi connectivity index (χ0) is 14.5. The minimum absolute atomic E-state index is 0.128. The third kappa shape index (κ3) is 3.14. The Morgan fingerprint density at radius 3 is 2.85 bits per heavy atom. The maximum Gasteiger partial charge on any atom is 0.268 e. The fourth-order valence-corrected chi connectivity index (χ4v) is 1.80. The van der Waals surface area contributed by atoms with Crippen LogP contribution in [0.2, 0.25) is 0 Å². The average molecular weight is 274 g/mol. The summed E-state index contributed by atoms with van der Waals surface area (Å²) < 4.78 is 7.14. The summed E-state index contributed by atoms with van der Waals surface area (Å²) in [5.74, 6) is 0.388. The predicted molar refractivity (Wildman–Crippen MR) is 74.5 cm³/mol. The summed E-state index contributed by atoms with van der Waals surface area (Å²) in [4.78, 5) is 20.1. The van der Waals surface area contributed by atoms with Gasteiger partial charge in [0.15, 0.2) is 0 Å². The summed E-state index contributed by atoms with van der Waals surface area (Å²) in [6, 6.07) is 5.43. The largest absolute Gasteiger partial charge is 0.478 e. The molecule has 0 radical (unpaired) electrons. The zero-order valence-electron chi connectivity index (χ0n) is 11.9. The monoisotopic (exact) mass is 274 g/mol. The van der Waals surface area contributed by atoms with Gasteiger partial charge in [-0.15, -0.1) is 0 Å². The normalized spacial score (nSPS) is 10.3. The number of hydrogen-bond donors (Lipinski definition) is 1. The molecule has 20 heavy (non-hydrogen) atoms. The second-order valence-electron chi connectivity index (χ2n) is 4.38. The zero-order valence-corrected chi connectivity index (χ0v) is 11.9. The number of ether oxygens (including phenoxy) is 1. The van der Waals surface area contributed by atoms with Gasteiger partial charge in [-0.1, -0.05) is 0 Å². The van der Waals surface area contributed by atoms with Crippen LogP contribution in [0, 0.1) is 6.92 Å². The average Bonchev–Trinajstić information content (AvgIpc) is 2.77. The predicted octanol–water partition coefficient (Wildman–Crippen LogP) is 1.45. The highest BCUT2D eigenvalue weighted by Gasteiger charge is 2.10. The van der Waals surface area contributed by atoms with Gasteiger partial charge in [-0.2, -0.15) is 0 Å². The Balaban J connectivity index is 2.00. The Morgan fingerprint density at radius 1 is 1.40 bits per heavy atom. The minimum atomic E-state index is -0.128. The van der Waals surface area contributed by atoms with E-state index >= 15 is 0 Å². The van der Waals surface area contributed by atoms with Crippen LogP contribution >= 0.6 is 0 Å². The van der Waals surface area contributed by atoms with Crippen molar-refractivity contribution in [3.8, 4) is 5.88 Å². The number of rotatable bonds is 5. The van der Waals surface area contributed by atoms with Gasteiger partial charge < -0.3 is 14.6 Å². The maximum atomic E-state index is 12.1. The lowest BCUT2D eigenvalue weighted by atomic mass is 10.3. The fraction of sp³-hybridized carbons (Fsp3) is 0.357. The summed E-state index contributed by atoms with van der Waals surface area (Å²) in [7, 11) is 1.86. The van der Waals surface area contributed by atoms with Gasteiger partial charge in [0.05, 0.1) is 18.8 Å². The van der Waals surface area contributed by atoms with Gasteiger partial charge in [-0.3, -0.25) is 4.79 Å². The van der Waals surface area contributed by atoms with Gasteiger partial charge in [-0.25, -0.2) is 9.97 Å². The maximum absolute atomic E-state index is 12.1. The molecule has 0 aliphatic carbocycles. The first-order chi connectivity index (χ1) is 9.61. The molecule has 106 valence electrons. The number of carbonyl (C=O) groups is 1. The van der Waals surface area contributed by atoms with Gasteiger partial charge in [0.2, 0.25) is 5.88 Å². The number of hydrogen-bond acceptors (Lipinski definition) is 4.